The molecule has 0 aliphatic rings. The van der Waals surface area contributed by atoms with Crippen molar-refractivity contribution in [3.05, 3.63) is 42.7 Å². The molecule has 0 amide bonds. The first kappa shape index (κ1) is 12.8. The summed E-state index contributed by atoms with van der Waals surface area (Å²) in [5.74, 6) is 0.760. The lowest BCUT2D eigenvalue weighted by atomic mass is 10.3. The molecule has 1 heterocycles. The van der Waals surface area contributed by atoms with Gasteiger partial charge < -0.3 is 10.5 Å². The molecule has 0 aliphatic carbocycles. The Bertz CT molecular complexity index is 502. The number of rotatable bonds is 5. The number of hydrogen-bond donors (Lipinski definition) is 1. The van der Waals surface area contributed by atoms with E-state index in [4.69, 9.17) is 10.5 Å². The van der Waals surface area contributed by atoms with Crippen molar-refractivity contribution in [2.75, 3.05) is 12.3 Å². The van der Waals surface area contributed by atoms with Gasteiger partial charge in [0.05, 0.1) is 12.3 Å². The predicted octanol–water partition coefficient (Wildman–Crippen LogP) is 3.60. The standard InChI is InChI=1S/C14H16N2OS/c1-2-10-17-12-4-3-5-13(14(12)15)18-11-6-8-16-9-7-11/h3-9H,2,10,15H2,1H3. The zero-order chi connectivity index (χ0) is 12.8. The molecule has 2 N–H and O–H groups in total. The molecule has 18 heavy (non-hydrogen) atoms. The van der Waals surface area contributed by atoms with Crippen LogP contribution >= 0.6 is 11.8 Å². The number of aromatic nitrogens is 1. The second kappa shape index (κ2) is 6.31. The Morgan fingerprint density at radius 2 is 2.00 bits per heavy atom. The maximum absolute atomic E-state index is 6.11. The van der Waals surface area contributed by atoms with Gasteiger partial charge in [-0.25, -0.2) is 0 Å². The normalized spacial score (nSPS) is 10.3. The molecular formula is C14H16N2OS. The number of nitrogens with two attached hydrogens (primary N) is 1. The van der Waals surface area contributed by atoms with Gasteiger partial charge in [0.1, 0.15) is 5.75 Å². The molecule has 94 valence electrons. The van der Waals surface area contributed by atoms with Crippen LogP contribution in [0.5, 0.6) is 5.75 Å². The van der Waals surface area contributed by atoms with Gasteiger partial charge in [-0.1, -0.05) is 24.8 Å². The molecular weight excluding hydrogens is 244 g/mol. The van der Waals surface area contributed by atoms with E-state index in [9.17, 15) is 0 Å². The molecule has 0 spiro atoms. The smallest absolute Gasteiger partial charge is 0.143 e. The van der Waals surface area contributed by atoms with E-state index < -0.39 is 0 Å². The minimum Gasteiger partial charge on any atom is -0.491 e. The summed E-state index contributed by atoms with van der Waals surface area (Å²) in [6.45, 7) is 2.76. The van der Waals surface area contributed by atoms with Gasteiger partial charge in [0.15, 0.2) is 0 Å². The SMILES string of the molecule is CCCOc1cccc(Sc2ccncc2)c1N. The lowest BCUT2D eigenvalue weighted by Crippen LogP contribution is -1.99. The van der Waals surface area contributed by atoms with Crippen LogP contribution in [-0.2, 0) is 0 Å². The van der Waals surface area contributed by atoms with Crippen molar-refractivity contribution in [2.45, 2.75) is 23.1 Å². The Morgan fingerprint density at radius 3 is 2.72 bits per heavy atom. The van der Waals surface area contributed by atoms with E-state index in [1.165, 1.54) is 0 Å². The predicted molar refractivity (Wildman–Crippen MR) is 75.0 cm³/mol. The van der Waals surface area contributed by atoms with E-state index in [-0.39, 0.29) is 0 Å². The van der Waals surface area contributed by atoms with E-state index in [2.05, 4.69) is 11.9 Å². The quantitative estimate of drug-likeness (QED) is 0.834. The highest BCUT2D eigenvalue weighted by Gasteiger charge is 2.07. The molecule has 0 atom stereocenters. The number of para-hydroxylation sites is 1. The fourth-order valence-corrected chi connectivity index (χ4v) is 2.35. The molecule has 0 bridgehead atoms. The molecule has 4 heteroatoms. The first-order valence-electron chi connectivity index (χ1n) is 5.90. The lowest BCUT2D eigenvalue weighted by Gasteiger charge is -2.11. The van der Waals surface area contributed by atoms with Gasteiger partial charge in [0, 0.05) is 22.2 Å². The van der Waals surface area contributed by atoms with Gasteiger partial charge in [-0.2, -0.15) is 0 Å². The minimum atomic E-state index is 0.688. The summed E-state index contributed by atoms with van der Waals surface area (Å²) in [6, 6.07) is 9.79. The van der Waals surface area contributed by atoms with Crippen LogP contribution in [-0.4, -0.2) is 11.6 Å². The van der Waals surface area contributed by atoms with Crippen LogP contribution in [0.15, 0.2) is 52.5 Å². The van der Waals surface area contributed by atoms with Crippen LogP contribution in [0.1, 0.15) is 13.3 Å². The van der Waals surface area contributed by atoms with Gasteiger partial charge in [-0.15, -0.1) is 0 Å². The van der Waals surface area contributed by atoms with E-state index in [1.807, 2.05) is 30.3 Å². The van der Waals surface area contributed by atoms with E-state index >= 15 is 0 Å². The summed E-state index contributed by atoms with van der Waals surface area (Å²) in [7, 11) is 0. The number of benzene rings is 1. The highest BCUT2D eigenvalue weighted by atomic mass is 32.2. The Hall–Kier alpha value is -1.68. The highest BCUT2D eigenvalue weighted by molar-refractivity contribution is 7.99. The Morgan fingerprint density at radius 1 is 1.22 bits per heavy atom. The zero-order valence-corrected chi connectivity index (χ0v) is 11.1. The molecule has 0 radical (unpaired) electrons. The van der Waals surface area contributed by atoms with Gasteiger partial charge in [-0.3, -0.25) is 4.98 Å². The summed E-state index contributed by atoms with van der Waals surface area (Å²) < 4.78 is 5.61. The monoisotopic (exact) mass is 260 g/mol. The zero-order valence-electron chi connectivity index (χ0n) is 10.3. The Labute approximate surface area is 111 Å². The molecule has 0 aliphatic heterocycles. The largest absolute Gasteiger partial charge is 0.491 e. The molecule has 2 aromatic rings. The van der Waals surface area contributed by atoms with E-state index in [0.717, 1.165) is 22.0 Å². The van der Waals surface area contributed by atoms with E-state index in [1.54, 1.807) is 24.2 Å². The number of hydrogen-bond acceptors (Lipinski definition) is 4. The van der Waals surface area contributed by atoms with Crippen molar-refractivity contribution >= 4 is 17.4 Å². The fraction of sp³-hybridized carbons (Fsp3) is 0.214. The highest BCUT2D eigenvalue weighted by Crippen LogP contribution is 2.36. The summed E-state index contributed by atoms with van der Waals surface area (Å²) >= 11 is 1.62. The number of nitrogen functional groups attached to an aromatic ring is 1. The van der Waals surface area contributed by atoms with Gasteiger partial charge in [0.2, 0.25) is 0 Å². The Kier molecular flexibility index (Phi) is 4.47. The van der Waals surface area contributed by atoms with Crippen molar-refractivity contribution in [1.82, 2.24) is 4.98 Å². The Balaban J connectivity index is 2.18. The van der Waals surface area contributed by atoms with Crippen LogP contribution in [0, 0.1) is 0 Å². The summed E-state index contributed by atoms with van der Waals surface area (Å²) in [5, 5.41) is 0. The van der Waals surface area contributed by atoms with Gasteiger partial charge in [-0.05, 0) is 30.7 Å². The van der Waals surface area contributed by atoms with Crippen molar-refractivity contribution in [3.63, 3.8) is 0 Å². The molecule has 1 aromatic carbocycles. The summed E-state index contributed by atoms with van der Waals surface area (Å²) in [4.78, 5) is 6.12. The van der Waals surface area contributed by atoms with Crippen LogP contribution in [0.4, 0.5) is 5.69 Å². The van der Waals surface area contributed by atoms with Crippen LogP contribution in [0.2, 0.25) is 0 Å². The molecule has 0 saturated carbocycles. The molecule has 0 unspecified atom stereocenters. The maximum atomic E-state index is 6.11. The van der Waals surface area contributed by atoms with Crippen LogP contribution in [0.3, 0.4) is 0 Å². The summed E-state index contributed by atoms with van der Waals surface area (Å²) in [5.41, 5.74) is 6.81. The van der Waals surface area contributed by atoms with E-state index in [0.29, 0.717) is 12.3 Å². The lowest BCUT2D eigenvalue weighted by molar-refractivity contribution is 0.318. The van der Waals surface area contributed by atoms with Crippen molar-refractivity contribution in [2.24, 2.45) is 0 Å². The minimum absolute atomic E-state index is 0.688. The molecule has 0 saturated heterocycles. The number of ether oxygens (including phenoxy) is 1. The molecule has 1 aromatic heterocycles. The molecule has 2 rings (SSSR count). The average molecular weight is 260 g/mol. The maximum Gasteiger partial charge on any atom is 0.143 e. The average Bonchev–Trinajstić information content (AvgIpc) is 2.41. The fourth-order valence-electron chi connectivity index (χ4n) is 1.48. The number of nitrogens with zero attached hydrogens (tertiary/aromatic N) is 1. The topological polar surface area (TPSA) is 48.1 Å². The third kappa shape index (κ3) is 3.17. The number of anilines is 1. The van der Waals surface area contributed by atoms with Gasteiger partial charge >= 0.3 is 0 Å². The van der Waals surface area contributed by atoms with Crippen LogP contribution < -0.4 is 10.5 Å². The summed E-state index contributed by atoms with van der Waals surface area (Å²) in [6.07, 6.45) is 4.52. The van der Waals surface area contributed by atoms with Crippen molar-refractivity contribution < 1.29 is 4.74 Å². The third-order valence-corrected chi connectivity index (χ3v) is 3.45. The second-order valence-electron chi connectivity index (χ2n) is 3.80. The third-order valence-electron chi connectivity index (χ3n) is 2.37. The van der Waals surface area contributed by atoms with Crippen molar-refractivity contribution in [3.8, 4) is 5.75 Å². The molecule has 0 fully saturated rings. The number of pyridine rings is 1. The van der Waals surface area contributed by atoms with Crippen LogP contribution in [0.25, 0.3) is 0 Å². The van der Waals surface area contributed by atoms with Gasteiger partial charge in [0.25, 0.3) is 0 Å². The first-order valence-corrected chi connectivity index (χ1v) is 6.72. The molecule has 3 nitrogen and oxygen atoms in total. The first-order chi connectivity index (χ1) is 8.81. The second-order valence-corrected chi connectivity index (χ2v) is 4.92. The van der Waals surface area contributed by atoms with Crippen molar-refractivity contribution in [1.29, 1.82) is 0 Å².